The van der Waals surface area contributed by atoms with Crippen molar-refractivity contribution in [1.29, 1.82) is 0 Å². The molecule has 0 atom stereocenters. The summed E-state index contributed by atoms with van der Waals surface area (Å²) in [5.74, 6) is 0. The van der Waals surface area contributed by atoms with E-state index in [2.05, 4.69) is 0 Å². The predicted molar refractivity (Wildman–Crippen MR) is 28.2 cm³/mol. The molecule has 1 aliphatic carbocycles. The Bertz CT molecular complexity index is 138. The van der Waals surface area contributed by atoms with Crippen LogP contribution < -0.4 is 5.73 Å². The maximum atomic E-state index is 11.8. The molecule has 0 bridgehead atoms. The van der Waals surface area contributed by atoms with Crippen LogP contribution in [0, 0.1) is 0 Å². The quantitative estimate of drug-likeness (QED) is 0.532. The van der Waals surface area contributed by atoms with Gasteiger partial charge in [0.1, 0.15) is 0 Å². The summed E-state index contributed by atoms with van der Waals surface area (Å²) in [7, 11) is 0. The van der Waals surface area contributed by atoms with Gasteiger partial charge in [0.2, 0.25) is 0 Å². The third kappa shape index (κ3) is 0.992. The minimum absolute atomic E-state index is 0.365. The van der Waals surface area contributed by atoms with Crippen molar-refractivity contribution in [1.82, 2.24) is 0 Å². The fourth-order valence-corrected chi connectivity index (χ4v) is 1.04. The second kappa shape index (κ2) is 1.85. The molecular formula is C5H8F3NO. The van der Waals surface area contributed by atoms with Gasteiger partial charge in [-0.05, 0) is 0 Å². The molecule has 10 heavy (non-hydrogen) atoms. The van der Waals surface area contributed by atoms with Crippen molar-refractivity contribution in [2.45, 2.75) is 30.7 Å². The van der Waals surface area contributed by atoms with Crippen LogP contribution in [0.3, 0.4) is 0 Å². The minimum atomic E-state index is -4.51. The molecule has 1 aliphatic rings. The molecule has 0 aromatic carbocycles. The van der Waals surface area contributed by atoms with Crippen molar-refractivity contribution < 1.29 is 18.3 Å². The lowest BCUT2D eigenvalue weighted by molar-refractivity contribution is -0.289. The Balaban J connectivity index is 2.57. The van der Waals surface area contributed by atoms with E-state index in [1.54, 1.807) is 0 Å². The summed E-state index contributed by atoms with van der Waals surface area (Å²) in [6, 6.07) is -0.494. The van der Waals surface area contributed by atoms with Crippen LogP contribution in [0.5, 0.6) is 0 Å². The van der Waals surface area contributed by atoms with Gasteiger partial charge in [0, 0.05) is 18.9 Å². The zero-order chi connectivity index (χ0) is 7.99. The Morgan fingerprint density at radius 1 is 1.40 bits per heavy atom. The number of halogens is 3. The SMILES string of the molecule is N[C@H]1C[C@@](O)(C(F)(F)F)C1. The van der Waals surface area contributed by atoms with Crippen LogP contribution in [-0.4, -0.2) is 22.9 Å². The first-order valence-electron chi connectivity index (χ1n) is 2.90. The first-order valence-corrected chi connectivity index (χ1v) is 2.90. The van der Waals surface area contributed by atoms with Crippen LogP contribution in [0.2, 0.25) is 0 Å². The summed E-state index contributed by atoms with van der Waals surface area (Å²) < 4.78 is 35.3. The fourth-order valence-electron chi connectivity index (χ4n) is 1.04. The van der Waals surface area contributed by atoms with Crippen molar-refractivity contribution >= 4 is 0 Å². The van der Waals surface area contributed by atoms with Gasteiger partial charge in [-0.15, -0.1) is 0 Å². The summed E-state index contributed by atoms with van der Waals surface area (Å²) in [5, 5.41) is 8.71. The molecule has 1 rings (SSSR count). The Morgan fingerprint density at radius 2 is 1.80 bits per heavy atom. The molecule has 5 heteroatoms. The van der Waals surface area contributed by atoms with Gasteiger partial charge in [0.25, 0.3) is 0 Å². The van der Waals surface area contributed by atoms with Crippen LogP contribution in [0.1, 0.15) is 12.8 Å². The van der Waals surface area contributed by atoms with Crippen LogP contribution in [0.4, 0.5) is 13.2 Å². The zero-order valence-electron chi connectivity index (χ0n) is 5.15. The van der Waals surface area contributed by atoms with Crippen molar-refractivity contribution in [3.8, 4) is 0 Å². The lowest BCUT2D eigenvalue weighted by Crippen LogP contribution is -2.60. The summed E-state index contributed by atoms with van der Waals surface area (Å²) in [5.41, 5.74) is 2.60. The van der Waals surface area contributed by atoms with Crippen molar-refractivity contribution in [2.24, 2.45) is 5.73 Å². The molecule has 0 aromatic rings. The van der Waals surface area contributed by atoms with Crippen LogP contribution in [0.25, 0.3) is 0 Å². The normalized spacial score (nSPS) is 41.1. The highest BCUT2D eigenvalue weighted by atomic mass is 19.4. The van der Waals surface area contributed by atoms with E-state index in [0.717, 1.165) is 0 Å². The van der Waals surface area contributed by atoms with Crippen molar-refractivity contribution in [3.63, 3.8) is 0 Å². The molecule has 3 N–H and O–H groups in total. The Kier molecular flexibility index (Phi) is 1.45. The number of aliphatic hydroxyl groups is 1. The molecular weight excluding hydrogens is 147 g/mol. The summed E-state index contributed by atoms with van der Waals surface area (Å²) in [6.45, 7) is 0. The molecule has 0 saturated heterocycles. The standard InChI is InChI=1S/C5H8F3NO/c6-5(7,8)4(10)1-3(9)2-4/h3,10H,1-2,9H2/t3-,4-. The van der Waals surface area contributed by atoms with E-state index >= 15 is 0 Å². The number of rotatable bonds is 0. The van der Waals surface area contributed by atoms with Gasteiger partial charge in [-0.2, -0.15) is 13.2 Å². The molecule has 60 valence electrons. The number of hydrogen-bond acceptors (Lipinski definition) is 2. The topological polar surface area (TPSA) is 46.2 Å². The number of nitrogens with two attached hydrogens (primary N) is 1. The summed E-state index contributed by atoms with van der Waals surface area (Å²) in [6.07, 6.45) is -5.24. The third-order valence-electron chi connectivity index (χ3n) is 1.73. The molecule has 0 aliphatic heterocycles. The van der Waals surface area contributed by atoms with E-state index in [-0.39, 0.29) is 12.8 Å². The largest absolute Gasteiger partial charge is 0.417 e. The Labute approximate surface area is 55.8 Å². The van der Waals surface area contributed by atoms with E-state index in [0.29, 0.717) is 0 Å². The molecule has 0 heterocycles. The van der Waals surface area contributed by atoms with Gasteiger partial charge >= 0.3 is 6.18 Å². The van der Waals surface area contributed by atoms with Crippen LogP contribution in [0.15, 0.2) is 0 Å². The van der Waals surface area contributed by atoms with Gasteiger partial charge in [-0.3, -0.25) is 0 Å². The second-order valence-electron chi connectivity index (χ2n) is 2.70. The number of hydrogen-bond donors (Lipinski definition) is 2. The zero-order valence-corrected chi connectivity index (χ0v) is 5.15. The molecule has 1 fully saturated rings. The number of alkyl halides is 3. The van der Waals surface area contributed by atoms with Crippen LogP contribution in [-0.2, 0) is 0 Å². The predicted octanol–water partition coefficient (Wildman–Crippen LogP) is 0.401. The highest BCUT2D eigenvalue weighted by Crippen LogP contribution is 2.44. The molecule has 0 spiro atoms. The molecule has 0 aromatic heterocycles. The van der Waals surface area contributed by atoms with Gasteiger partial charge in [-0.1, -0.05) is 0 Å². The van der Waals surface area contributed by atoms with Gasteiger partial charge in [0.15, 0.2) is 5.60 Å². The second-order valence-corrected chi connectivity index (χ2v) is 2.70. The first-order chi connectivity index (χ1) is 4.35. The molecule has 0 radical (unpaired) electrons. The molecule has 0 amide bonds. The van der Waals surface area contributed by atoms with E-state index in [9.17, 15) is 13.2 Å². The maximum absolute atomic E-state index is 11.8. The lowest BCUT2D eigenvalue weighted by atomic mass is 9.76. The highest BCUT2D eigenvalue weighted by molar-refractivity contribution is 5.01. The molecule has 2 nitrogen and oxygen atoms in total. The van der Waals surface area contributed by atoms with E-state index in [4.69, 9.17) is 10.8 Å². The van der Waals surface area contributed by atoms with Crippen molar-refractivity contribution in [3.05, 3.63) is 0 Å². The van der Waals surface area contributed by atoms with E-state index < -0.39 is 17.8 Å². The summed E-state index contributed by atoms with van der Waals surface area (Å²) in [4.78, 5) is 0. The average Bonchev–Trinajstić information content (AvgIpc) is 1.58. The summed E-state index contributed by atoms with van der Waals surface area (Å²) >= 11 is 0. The van der Waals surface area contributed by atoms with E-state index in [1.807, 2.05) is 0 Å². The minimum Gasteiger partial charge on any atom is -0.380 e. The Morgan fingerprint density at radius 3 is 1.90 bits per heavy atom. The fraction of sp³-hybridized carbons (Fsp3) is 1.00. The lowest BCUT2D eigenvalue weighted by Gasteiger charge is -2.42. The van der Waals surface area contributed by atoms with Gasteiger partial charge < -0.3 is 10.8 Å². The van der Waals surface area contributed by atoms with Gasteiger partial charge in [0.05, 0.1) is 0 Å². The smallest absolute Gasteiger partial charge is 0.380 e. The third-order valence-corrected chi connectivity index (χ3v) is 1.73. The van der Waals surface area contributed by atoms with Crippen LogP contribution >= 0.6 is 0 Å². The monoisotopic (exact) mass is 155 g/mol. The molecule has 0 unspecified atom stereocenters. The van der Waals surface area contributed by atoms with Crippen molar-refractivity contribution in [2.75, 3.05) is 0 Å². The first kappa shape index (κ1) is 7.81. The Hall–Kier alpha value is -0.290. The van der Waals surface area contributed by atoms with E-state index in [1.165, 1.54) is 0 Å². The average molecular weight is 155 g/mol. The highest BCUT2D eigenvalue weighted by Gasteiger charge is 2.60. The molecule has 1 saturated carbocycles. The maximum Gasteiger partial charge on any atom is 0.417 e. The van der Waals surface area contributed by atoms with Gasteiger partial charge in [-0.25, -0.2) is 0 Å².